The molecule has 12 heteroatoms. The molecule has 0 aromatic heterocycles. The third-order valence-corrected chi connectivity index (χ3v) is 5.52. The van der Waals surface area contributed by atoms with Gasteiger partial charge in [0.25, 0.3) is 0 Å². The van der Waals surface area contributed by atoms with Gasteiger partial charge in [0.15, 0.2) is 0 Å². The lowest BCUT2D eigenvalue weighted by atomic mass is 10.1. The number of carbonyl (C=O) groups is 2. The largest absolute Gasteiger partial charge is 0.495 e. The smallest absolute Gasteiger partial charge is 0.416 e. The van der Waals surface area contributed by atoms with Gasteiger partial charge in [0.2, 0.25) is 21.8 Å². The predicted molar refractivity (Wildman–Crippen MR) is 113 cm³/mol. The summed E-state index contributed by atoms with van der Waals surface area (Å²) in [6.45, 7) is 1.17. The quantitative estimate of drug-likeness (QED) is 0.537. The maximum Gasteiger partial charge on any atom is 0.416 e. The van der Waals surface area contributed by atoms with Crippen LogP contribution in [0.1, 0.15) is 18.1 Å². The number of carbonyl (C=O) groups excluding carboxylic acids is 2. The highest BCUT2D eigenvalue weighted by molar-refractivity contribution is 7.89. The Kier molecular flexibility index (Phi) is 7.65. The van der Waals surface area contributed by atoms with Gasteiger partial charge in [0.05, 0.1) is 24.0 Å². The molecule has 32 heavy (non-hydrogen) atoms. The minimum atomic E-state index is -4.65. The van der Waals surface area contributed by atoms with Crippen molar-refractivity contribution >= 4 is 39.3 Å². The van der Waals surface area contributed by atoms with Crippen LogP contribution >= 0.6 is 0 Å². The molecule has 0 fully saturated rings. The van der Waals surface area contributed by atoms with Crippen LogP contribution in [-0.2, 0) is 25.8 Å². The van der Waals surface area contributed by atoms with E-state index in [-0.39, 0.29) is 22.0 Å². The molecule has 2 amide bonds. The van der Waals surface area contributed by atoms with Gasteiger partial charge in [-0.25, -0.2) is 13.1 Å². The molecule has 0 spiro atoms. The van der Waals surface area contributed by atoms with Crippen molar-refractivity contribution in [2.24, 2.45) is 0 Å². The van der Waals surface area contributed by atoms with E-state index in [9.17, 15) is 31.2 Å². The lowest BCUT2D eigenvalue weighted by molar-refractivity contribution is -0.137. The highest BCUT2D eigenvalue weighted by Gasteiger charge is 2.31. The van der Waals surface area contributed by atoms with E-state index in [4.69, 9.17) is 4.74 Å². The van der Waals surface area contributed by atoms with Gasteiger partial charge in [0, 0.05) is 13.0 Å². The van der Waals surface area contributed by atoms with Crippen LogP contribution in [0.2, 0.25) is 0 Å². The topological polar surface area (TPSA) is 114 Å². The molecular weight excluding hydrogens is 451 g/mol. The monoisotopic (exact) mass is 471 g/mol. The second-order valence-corrected chi connectivity index (χ2v) is 8.23. The van der Waals surface area contributed by atoms with Crippen LogP contribution in [0.5, 0.6) is 5.75 Å². The van der Waals surface area contributed by atoms with E-state index in [1.54, 1.807) is 0 Å². The molecule has 0 heterocycles. The van der Waals surface area contributed by atoms with Crippen molar-refractivity contribution in [3.05, 3.63) is 53.6 Å². The normalized spacial score (nSPS) is 11.9. The molecule has 2 rings (SSSR count). The second-order valence-electron chi connectivity index (χ2n) is 6.38. The number of amides is 2. The fourth-order valence-corrected chi connectivity index (χ4v) is 3.51. The van der Waals surface area contributed by atoms with Gasteiger partial charge in [0.1, 0.15) is 10.6 Å². The summed E-state index contributed by atoms with van der Waals surface area (Å²) in [6, 6.07) is 6.65. The molecule has 0 aliphatic carbocycles. The van der Waals surface area contributed by atoms with Crippen LogP contribution in [0.3, 0.4) is 0 Å². The van der Waals surface area contributed by atoms with E-state index in [0.717, 1.165) is 18.2 Å². The van der Waals surface area contributed by atoms with Crippen LogP contribution in [0.4, 0.5) is 24.5 Å². The molecule has 0 aliphatic rings. The standard InChI is InChI=1S/C20H20F3N3O5S/c1-12(27)25-15-7-6-14(20(21,22)23)11-16(15)26-19(28)9-5-13-4-8-17(31-3)18(10-13)32(29,30)24-2/h4-11,24H,1-3H3,(H,25,27)(H,26,28)/b9-5+. The lowest BCUT2D eigenvalue weighted by Gasteiger charge is -2.14. The number of benzene rings is 2. The Morgan fingerprint density at radius 1 is 1.03 bits per heavy atom. The van der Waals surface area contributed by atoms with Crippen LogP contribution in [0.25, 0.3) is 6.08 Å². The summed E-state index contributed by atoms with van der Waals surface area (Å²) in [6.07, 6.45) is -2.37. The van der Waals surface area contributed by atoms with Crippen LogP contribution in [0, 0.1) is 0 Å². The minimum absolute atomic E-state index is 0.0147. The van der Waals surface area contributed by atoms with Gasteiger partial charge < -0.3 is 15.4 Å². The Morgan fingerprint density at radius 3 is 2.28 bits per heavy atom. The summed E-state index contributed by atoms with van der Waals surface area (Å²) < 4.78 is 70.5. The van der Waals surface area contributed by atoms with Gasteiger partial charge >= 0.3 is 6.18 Å². The third kappa shape index (κ3) is 6.31. The number of hydrogen-bond donors (Lipinski definition) is 3. The van der Waals surface area contributed by atoms with Crippen molar-refractivity contribution in [2.45, 2.75) is 18.0 Å². The van der Waals surface area contributed by atoms with Crippen molar-refractivity contribution in [1.29, 1.82) is 0 Å². The van der Waals surface area contributed by atoms with Gasteiger partial charge in [-0.05, 0) is 49.0 Å². The van der Waals surface area contributed by atoms with E-state index in [2.05, 4.69) is 15.4 Å². The molecule has 0 atom stereocenters. The molecule has 0 radical (unpaired) electrons. The molecule has 2 aromatic carbocycles. The predicted octanol–water partition coefficient (Wildman–Crippen LogP) is 3.23. The summed E-state index contributed by atoms with van der Waals surface area (Å²) in [5, 5.41) is 4.62. The fraction of sp³-hybridized carbons (Fsp3) is 0.200. The Hall–Kier alpha value is -3.38. The minimum Gasteiger partial charge on any atom is -0.495 e. The average molecular weight is 471 g/mol. The number of halogens is 3. The summed E-state index contributed by atoms with van der Waals surface area (Å²) in [4.78, 5) is 23.5. The molecule has 0 saturated carbocycles. The van der Waals surface area contributed by atoms with Crippen LogP contribution in [0.15, 0.2) is 47.4 Å². The number of alkyl halides is 3. The molecule has 0 bridgehead atoms. The van der Waals surface area contributed by atoms with E-state index < -0.39 is 33.6 Å². The highest BCUT2D eigenvalue weighted by Crippen LogP contribution is 2.34. The maximum absolute atomic E-state index is 13.0. The van der Waals surface area contributed by atoms with Crippen LogP contribution in [-0.4, -0.2) is 34.4 Å². The number of rotatable bonds is 7. The number of nitrogens with one attached hydrogen (secondary N) is 3. The van der Waals surface area contributed by atoms with Gasteiger partial charge in [-0.1, -0.05) is 6.07 Å². The van der Waals surface area contributed by atoms with Crippen molar-refractivity contribution < 1.29 is 35.9 Å². The number of methoxy groups -OCH3 is 1. The first-order valence-corrected chi connectivity index (χ1v) is 10.4. The van der Waals surface area contributed by atoms with Crippen molar-refractivity contribution in [3.8, 4) is 5.75 Å². The van der Waals surface area contributed by atoms with Gasteiger partial charge in [-0.15, -0.1) is 0 Å². The number of hydrogen-bond acceptors (Lipinski definition) is 5. The Morgan fingerprint density at radius 2 is 1.72 bits per heavy atom. The Labute approximate surface area is 182 Å². The Bertz CT molecular complexity index is 1160. The molecule has 8 nitrogen and oxygen atoms in total. The maximum atomic E-state index is 13.0. The summed E-state index contributed by atoms with van der Waals surface area (Å²) in [7, 11) is -1.31. The zero-order chi connectivity index (χ0) is 24.1. The van der Waals surface area contributed by atoms with Gasteiger partial charge in [-0.3, -0.25) is 9.59 Å². The van der Waals surface area contributed by atoms with Crippen LogP contribution < -0.4 is 20.1 Å². The first kappa shape index (κ1) is 24.9. The Balaban J connectivity index is 2.32. The zero-order valence-corrected chi connectivity index (χ0v) is 18.0. The first-order valence-electron chi connectivity index (χ1n) is 8.97. The van der Waals surface area contributed by atoms with E-state index in [0.29, 0.717) is 11.6 Å². The molecule has 0 saturated heterocycles. The van der Waals surface area contributed by atoms with E-state index >= 15 is 0 Å². The zero-order valence-electron chi connectivity index (χ0n) is 17.2. The lowest BCUT2D eigenvalue weighted by Crippen LogP contribution is -2.19. The second kappa shape index (κ2) is 9.83. The molecule has 172 valence electrons. The first-order chi connectivity index (χ1) is 14.9. The average Bonchev–Trinajstić information content (AvgIpc) is 2.72. The highest BCUT2D eigenvalue weighted by atomic mass is 32.2. The summed E-state index contributed by atoms with van der Waals surface area (Å²) in [5.41, 5.74) is -0.958. The van der Waals surface area contributed by atoms with Crippen molar-refractivity contribution in [3.63, 3.8) is 0 Å². The van der Waals surface area contributed by atoms with E-state index in [1.807, 2.05) is 0 Å². The molecule has 2 aromatic rings. The van der Waals surface area contributed by atoms with Gasteiger partial charge in [-0.2, -0.15) is 13.2 Å². The summed E-state index contributed by atoms with van der Waals surface area (Å²) >= 11 is 0. The van der Waals surface area contributed by atoms with E-state index in [1.165, 1.54) is 45.4 Å². The fourth-order valence-electron chi connectivity index (χ4n) is 2.59. The molecule has 3 N–H and O–H groups in total. The molecule has 0 aliphatic heterocycles. The molecule has 0 unspecified atom stereocenters. The number of ether oxygens (including phenoxy) is 1. The number of anilines is 2. The molecular formula is C20H20F3N3O5S. The van der Waals surface area contributed by atoms with Crippen molar-refractivity contribution in [2.75, 3.05) is 24.8 Å². The van der Waals surface area contributed by atoms with Crippen molar-refractivity contribution in [1.82, 2.24) is 4.72 Å². The SMILES string of the molecule is CNS(=O)(=O)c1cc(/C=C/C(=O)Nc2cc(C(F)(F)F)ccc2NC(C)=O)ccc1OC. The number of sulfonamides is 1. The summed E-state index contributed by atoms with van der Waals surface area (Å²) in [5.74, 6) is -1.25. The third-order valence-electron chi connectivity index (χ3n) is 4.09.